The van der Waals surface area contributed by atoms with E-state index in [1.165, 1.54) is 11.3 Å². The van der Waals surface area contributed by atoms with E-state index in [1.54, 1.807) is 21.0 Å². The summed E-state index contributed by atoms with van der Waals surface area (Å²) >= 11 is 7.60. The first-order chi connectivity index (χ1) is 13.2. The topological polar surface area (TPSA) is 119 Å². The minimum atomic E-state index is -1.03. The Morgan fingerprint density at radius 2 is 2.18 bits per heavy atom. The maximum Gasteiger partial charge on any atom is 0.284 e. The first kappa shape index (κ1) is 21.0. The molecule has 1 aliphatic heterocycles. The molecule has 0 aliphatic carbocycles. The summed E-state index contributed by atoms with van der Waals surface area (Å²) in [7, 11) is 1.64. The zero-order valence-electron chi connectivity index (χ0n) is 16.3. The highest BCUT2D eigenvalue weighted by molar-refractivity contribution is 7.15. The SMILES string of the molecule is CCc1c(Cl)nc(C(N)=O)n1[C@@H]1CCN(c2nnc(C(C)(C)O)s2)C[C@@H]1OC. The van der Waals surface area contributed by atoms with Gasteiger partial charge in [0.25, 0.3) is 5.91 Å². The molecule has 1 fully saturated rings. The van der Waals surface area contributed by atoms with E-state index in [0.29, 0.717) is 36.1 Å². The molecule has 1 saturated heterocycles. The number of imidazole rings is 1. The Morgan fingerprint density at radius 3 is 2.71 bits per heavy atom. The molecule has 3 N–H and O–H groups in total. The minimum Gasteiger partial charge on any atom is -0.383 e. The number of aliphatic hydroxyl groups is 1. The van der Waals surface area contributed by atoms with E-state index in [9.17, 15) is 9.90 Å². The Kier molecular flexibility index (Phi) is 5.95. The molecule has 2 atom stereocenters. The number of halogens is 1. The van der Waals surface area contributed by atoms with Gasteiger partial charge in [-0.15, -0.1) is 10.2 Å². The molecule has 0 unspecified atom stereocenters. The van der Waals surface area contributed by atoms with Crippen LogP contribution in [0.25, 0.3) is 0 Å². The van der Waals surface area contributed by atoms with Crippen LogP contribution >= 0.6 is 22.9 Å². The highest BCUT2D eigenvalue weighted by Crippen LogP contribution is 2.35. The molecule has 9 nitrogen and oxygen atoms in total. The highest BCUT2D eigenvalue weighted by atomic mass is 35.5. The monoisotopic (exact) mass is 428 g/mol. The molecule has 0 spiro atoms. The van der Waals surface area contributed by atoms with Crippen LogP contribution in [0.15, 0.2) is 0 Å². The number of nitrogens with two attached hydrogens (primary N) is 1. The first-order valence-electron chi connectivity index (χ1n) is 9.07. The van der Waals surface area contributed by atoms with E-state index in [2.05, 4.69) is 20.1 Å². The van der Waals surface area contributed by atoms with Gasteiger partial charge in [0.1, 0.15) is 10.6 Å². The quantitative estimate of drug-likeness (QED) is 0.719. The number of amides is 1. The van der Waals surface area contributed by atoms with E-state index in [0.717, 1.165) is 10.8 Å². The van der Waals surface area contributed by atoms with Crippen molar-refractivity contribution in [3.63, 3.8) is 0 Å². The predicted molar refractivity (Wildman–Crippen MR) is 107 cm³/mol. The smallest absolute Gasteiger partial charge is 0.284 e. The van der Waals surface area contributed by atoms with Crippen molar-refractivity contribution in [3.8, 4) is 0 Å². The Labute approximate surface area is 172 Å². The average molecular weight is 429 g/mol. The Bertz CT molecular complexity index is 862. The molecule has 2 aromatic heterocycles. The largest absolute Gasteiger partial charge is 0.383 e. The number of anilines is 1. The second-order valence-electron chi connectivity index (χ2n) is 7.29. The summed E-state index contributed by atoms with van der Waals surface area (Å²) in [5.74, 6) is -0.458. The van der Waals surface area contributed by atoms with Crippen LogP contribution in [0.2, 0.25) is 5.15 Å². The number of hydrogen-bond acceptors (Lipinski definition) is 8. The van der Waals surface area contributed by atoms with Gasteiger partial charge < -0.3 is 25.0 Å². The van der Waals surface area contributed by atoms with Gasteiger partial charge in [0.05, 0.1) is 17.8 Å². The number of nitrogens with zero attached hydrogens (tertiary/aromatic N) is 5. The number of aromatic nitrogens is 4. The summed E-state index contributed by atoms with van der Waals surface area (Å²) < 4.78 is 7.58. The lowest BCUT2D eigenvalue weighted by atomic mass is 10.0. The van der Waals surface area contributed by atoms with Crippen molar-refractivity contribution in [1.29, 1.82) is 0 Å². The van der Waals surface area contributed by atoms with Crippen LogP contribution in [0.3, 0.4) is 0 Å². The number of hydrogen-bond donors (Lipinski definition) is 2. The predicted octanol–water partition coefficient (Wildman–Crippen LogP) is 1.74. The van der Waals surface area contributed by atoms with Crippen molar-refractivity contribution >= 4 is 34.0 Å². The van der Waals surface area contributed by atoms with Crippen LogP contribution in [0.1, 0.15) is 54.6 Å². The normalized spacial score (nSPS) is 20.6. The Morgan fingerprint density at radius 1 is 1.46 bits per heavy atom. The zero-order valence-corrected chi connectivity index (χ0v) is 17.9. The van der Waals surface area contributed by atoms with Gasteiger partial charge in [-0.2, -0.15) is 0 Å². The van der Waals surface area contributed by atoms with Crippen molar-refractivity contribution in [2.75, 3.05) is 25.1 Å². The van der Waals surface area contributed by atoms with Crippen molar-refractivity contribution in [3.05, 3.63) is 21.7 Å². The van der Waals surface area contributed by atoms with Crippen molar-refractivity contribution in [1.82, 2.24) is 19.7 Å². The van der Waals surface area contributed by atoms with Gasteiger partial charge in [0, 0.05) is 20.2 Å². The molecule has 28 heavy (non-hydrogen) atoms. The average Bonchev–Trinajstić information content (AvgIpc) is 3.25. The Balaban J connectivity index is 1.88. The fourth-order valence-corrected chi connectivity index (χ4v) is 4.67. The van der Waals surface area contributed by atoms with E-state index in [4.69, 9.17) is 22.1 Å². The number of ether oxygens (including phenoxy) is 1. The second kappa shape index (κ2) is 7.94. The van der Waals surface area contributed by atoms with Crippen molar-refractivity contribution in [2.24, 2.45) is 5.73 Å². The van der Waals surface area contributed by atoms with E-state index >= 15 is 0 Å². The lowest BCUT2D eigenvalue weighted by Gasteiger charge is -2.39. The fraction of sp³-hybridized carbons (Fsp3) is 0.647. The number of piperidine rings is 1. The summed E-state index contributed by atoms with van der Waals surface area (Å²) in [6.45, 7) is 6.56. The lowest BCUT2D eigenvalue weighted by molar-refractivity contribution is 0.0451. The van der Waals surface area contributed by atoms with Crippen LogP contribution in [-0.4, -0.2) is 57.1 Å². The van der Waals surface area contributed by atoms with Crippen molar-refractivity contribution < 1.29 is 14.6 Å². The van der Waals surface area contributed by atoms with E-state index in [-0.39, 0.29) is 18.0 Å². The summed E-state index contributed by atoms with van der Waals surface area (Å²) in [6.07, 6.45) is 1.09. The minimum absolute atomic E-state index is 0.125. The van der Waals surface area contributed by atoms with Gasteiger partial charge in [-0.3, -0.25) is 4.79 Å². The lowest BCUT2D eigenvalue weighted by Crippen LogP contribution is -2.46. The third kappa shape index (κ3) is 3.86. The maximum absolute atomic E-state index is 11.9. The Hall–Kier alpha value is -1.75. The summed E-state index contributed by atoms with van der Waals surface area (Å²) in [4.78, 5) is 18.2. The highest BCUT2D eigenvalue weighted by Gasteiger charge is 2.36. The van der Waals surface area contributed by atoms with Gasteiger partial charge >= 0.3 is 0 Å². The van der Waals surface area contributed by atoms with Gasteiger partial charge in [-0.1, -0.05) is 29.9 Å². The molecule has 0 bridgehead atoms. The molecule has 3 heterocycles. The standard InChI is InChI=1S/C17H25ClN6O3S/c1-5-9-12(18)20-14(13(19)25)24(9)10-6-7-23(8-11(10)27-4)16-22-21-15(28-16)17(2,3)26/h10-11,26H,5-8H2,1-4H3,(H2,19,25)/t10-,11+/m1/s1. The third-order valence-electron chi connectivity index (χ3n) is 4.88. The number of carbonyl (C=O) groups excluding carboxylic acids is 1. The van der Waals surface area contributed by atoms with Gasteiger partial charge in [-0.05, 0) is 26.7 Å². The molecule has 3 rings (SSSR count). The second-order valence-corrected chi connectivity index (χ2v) is 8.60. The number of primary amides is 1. The molecule has 0 radical (unpaired) electrons. The number of carbonyl (C=O) groups is 1. The summed E-state index contributed by atoms with van der Waals surface area (Å²) in [5.41, 5.74) is 5.28. The van der Waals surface area contributed by atoms with Crippen LogP contribution in [-0.2, 0) is 16.8 Å². The summed E-state index contributed by atoms with van der Waals surface area (Å²) in [5, 5.41) is 20.0. The van der Waals surface area contributed by atoms with E-state index in [1.807, 2.05) is 11.5 Å². The van der Waals surface area contributed by atoms with Gasteiger partial charge in [-0.25, -0.2) is 4.98 Å². The maximum atomic E-state index is 11.9. The molecule has 1 amide bonds. The van der Waals surface area contributed by atoms with Crippen LogP contribution < -0.4 is 10.6 Å². The van der Waals surface area contributed by atoms with Crippen molar-refractivity contribution in [2.45, 2.75) is 51.4 Å². The molecule has 154 valence electrons. The molecule has 1 aliphatic rings. The first-order valence-corrected chi connectivity index (χ1v) is 10.3. The van der Waals surface area contributed by atoms with Gasteiger partial charge in [0.2, 0.25) is 11.0 Å². The number of methoxy groups -OCH3 is 1. The molecule has 2 aromatic rings. The zero-order chi connectivity index (χ0) is 20.6. The molecule has 11 heteroatoms. The van der Waals surface area contributed by atoms with E-state index < -0.39 is 11.5 Å². The molecular formula is C17H25ClN6O3S. The number of rotatable bonds is 6. The molecular weight excluding hydrogens is 404 g/mol. The molecule has 0 aromatic carbocycles. The van der Waals surface area contributed by atoms with Gasteiger partial charge in [0.15, 0.2) is 5.15 Å². The molecule has 0 saturated carbocycles. The van der Waals surface area contributed by atoms with Crippen LogP contribution in [0, 0.1) is 0 Å². The van der Waals surface area contributed by atoms with Crippen LogP contribution in [0.4, 0.5) is 5.13 Å². The van der Waals surface area contributed by atoms with Crippen LogP contribution in [0.5, 0.6) is 0 Å². The summed E-state index contributed by atoms with van der Waals surface area (Å²) in [6, 6.07) is -0.125. The fourth-order valence-electron chi connectivity index (χ4n) is 3.48. The third-order valence-corrected chi connectivity index (χ3v) is 6.48.